The molecule has 1 aromatic heterocycles. The van der Waals surface area contributed by atoms with Gasteiger partial charge in [-0.05, 0) is 31.7 Å². The van der Waals surface area contributed by atoms with Crippen LogP contribution in [0.15, 0.2) is 18.5 Å². The van der Waals surface area contributed by atoms with E-state index in [0.29, 0.717) is 17.8 Å². The van der Waals surface area contributed by atoms with Crippen molar-refractivity contribution in [3.05, 3.63) is 18.5 Å². The lowest BCUT2D eigenvalue weighted by atomic mass is 9.99. The molecule has 0 spiro atoms. The first kappa shape index (κ1) is 9.90. The van der Waals surface area contributed by atoms with E-state index in [-0.39, 0.29) is 6.10 Å². The number of nitrogens with zero attached hydrogens (tertiary/aromatic N) is 2. The number of fused-ring (bicyclic) bond motifs is 2. The molecule has 3 rings (SSSR count). The first-order chi connectivity index (χ1) is 7.74. The monoisotopic (exact) mass is 219 g/mol. The minimum atomic E-state index is -0.122. The number of anilines is 2. The van der Waals surface area contributed by atoms with Crippen LogP contribution in [-0.4, -0.2) is 28.3 Å². The van der Waals surface area contributed by atoms with E-state index in [1.165, 1.54) is 12.8 Å². The molecular weight excluding hydrogens is 202 g/mol. The van der Waals surface area contributed by atoms with Crippen molar-refractivity contribution in [2.75, 3.05) is 10.6 Å². The summed E-state index contributed by atoms with van der Waals surface area (Å²) < 4.78 is 0. The van der Waals surface area contributed by atoms with E-state index >= 15 is 0 Å². The standard InChI is InChI=1S/C12H17N3O/c13-8-3-11(7-14-6-8)15-9-1-2-10(15)5-12(16)4-9/h3,6-7,9-10,12,16H,1-2,4-5,13H2. The fourth-order valence-electron chi connectivity index (χ4n) is 3.16. The van der Waals surface area contributed by atoms with Gasteiger partial charge in [-0.25, -0.2) is 0 Å². The highest BCUT2D eigenvalue weighted by Gasteiger charge is 2.40. The molecule has 2 atom stereocenters. The fraction of sp³-hybridized carbons (Fsp3) is 0.583. The highest BCUT2D eigenvalue weighted by molar-refractivity contribution is 5.55. The first-order valence-electron chi connectivity index (χ1n) is 5.91. The Kier molecular flexibility index (Phi) is 2.24. The summed E-state index contributed by atoms with van der Waals surface area (Å²) in [6.07, 6.45) is 7.54. The minimum absolute atomic E-state index is 0.122. The summed E-state index contributed by atoms with van der Waals surface area (Å²) in [6, 6.07) is 2.92. The van der Waals surface area contributed by atoms with Crippen LogP contribution in [0.4, 0.5) is 11.4 Å². The third kappa shape index (κ3) is 1.53. The Morgan fingerprint density at radius 2 is 1.94 bits per heavy atom. The molecule has 86 valence electrons. The Morgan fingerprint density at radius 1 is 1.25 bits per heavy atom. The number of piperidine rings is 1. The largest absolute Gasteiger partial charge is 0.397 e. The molecule has 2 fully saturated rings. The van der Waals surface area contributed by atoms with E-state index in [9.17, 15) is 5.11 Å². The van der Waals surface area contributed by atoms with Crippen LogP contribution in [0, 0.1) is 0 Å². The van der Waals surface area contributed by atoms with Crippen molar-refractivity contribution in [1.82, 2.24) is 4.98 Å². The average molecular weight is 219 g/mol. The van der Waals surface area contributed by atoms with Gasteiger partial charge in [0.1, 0.15) is 0 Å². The van der Waals surface area contributed by atoms with Crippen LogP contribution >= 0.6 is 0 Å². The van der Waals surface area contributed by atoms with Crippen LogP contribution in [0.1, 0.15) is 25.7 Å². The number of aliphatic hydroxyl groups is 1. The summed E-state index contributed by atoms with van der Waals surface area (Å²) in [6.45, 7) is 0. The molecule has 2 bridgehead atoms. The average Bonchev–Trinajstić information content (AvgIpc) is 2.51. The van der Waals surface area contributed by atoms with Gasteiger partial charge in [0.05, 0.1) is 23.7 Å². The van der Waals surface area contributed by atoms with Crippen molar-refractivity contribution in [3.63, 3.8) is 0 Å². The Morgan fingerprint density at radius 3 is 2.56 bits per heavy atom. The lowest BCUT2D eigenvalue weighted by molar-refractivity contribution is 0.126. The van der Waals surface area contributed by atoms with E-state index in [2.05, 4.69) is 9.88 Å². The molecule has 0 aliphatic carbocycles. The number of nitrogens with two attached hydrogens (primary N) is 1. The molecule has 0 saturated carbocycles. The molecule has 3 N–H and O–H groups in total. The summed E-state index contributed by atoms with van der Waals surface area (Å²) in [5.74, 6) is 0. The molecule has 2 saturated heterocycles. The van der Waals surface area contributed by atoms with Gasteiger partial charge in [-0.1, -0.05) is 0 Å². The van der Waals surface area contributed by atoms with Crippen molar-refractivity contribution >= 4 is 11.4 Å². The van der Waals surface area contributed by atoms with E-state index < -0.39 is 0 Å². The zero-order valence-corrected chi connectivity index (χ0v) is 9.21. The van der Waals surface area contributed by atoms with Crippen molar-refractivity contribution in [3.8, 4) is 0 Å². The van der Waals surface area contributed by atoms with Crippen molar-refractivity contribution in [2.45, 2.75) is 43.9 Å². The van der Waals surface area contributed by atoms with Crippen molar-refractivity contribution < 1.29 is 5.11 Å². The first-order valence-corrected chi connectivity index (χ1v) is 5.91. The Balaban J connectivity index is 1.91. The van der Waals surface area contributed by atoms with Gasteiger partial charge in [0, 0.05) is 18.3 Å². The lowest BCUT2D eigenvalue weighted by Crippen LogP contribution is -2.44. The SMILES string of the molecule is Nc1cncc(N2C3CCC2CC(O)C3)c1. The van der Waals surface area contributed by atoms with E-state index in [0.717, 1.165) is 18.5 Å². The molecule has 0 aromatic carbocycles. The second kappa shape index (κ2) is 3.63. The van der Waals surface area contributed by atoms with Gasteiger partial charge >= 0.3 is 0 Å². The molecule has 2 unspecified atom stereocenters. The zero-order chi connectivity index (χ0) is 11.1. The number of hydrogen-bond acceptors (Lipinski definition) is 4. The number of aliphatic hydroxyl groups excluding tert-OH is 1. The quantitative estimate of drug-likeness (QED) is 0.744. The van der Waals surface area contributed by atoms with Gasteiger partial charge in [0.15, 0.2) is 0 Å². The second-order valence-corrected chi connectivity index (χ2v) is 4.89. The van der Waals surface area contributed by atoms with E-state index in [1.807, 2.05) is 12.3 Å². The number of pyridine rings is 1. The molecule has 4 nitrogen and oxygen atoms in total. The van der Waals surface area contributed by atoms with Crippen LogP contribution in [0.2, 0.25) is 0 Å². The van der Waals surface area contributed by atoms with E-state index in [1.54, 1.807) is 6.20 Å². The van der Waals surface area contributed by atoms with Gasteiger partial charge in [-0.15, -0.1) is 0 Å². The number of rotatable bonds is 1. The molecule has 4 heteroatoms. The summed E-state index contributed by atoms with van der Waals surface area (Å²) in [7, 11) is 0. The maximum Gasteiger partial charge on any atom is 0.0579 e. The summed E-state index contributed by atoms with van der Waals surface area (Å²) in [5.41, 5.74) is 7.59. The van der Waals surface area contributed by atoms with Crippen molar-refractivity contribution in [2.24, 2.45) is 0 Å². The Hall–Kier alpha value is -1.29. The van der Waals surface area contributed by atoms with Gasteiger partial charge < -0.3 is 15.7 Å². The highest BCUT2D eigenvalue weighted by atomic mass is 16.3. The maximum absolute atomic E-state index is 9.74. The number of aromatic nitrogens is 1. The molecule has 1 aromatic rings. The molecule has 2 aliphatic rings. The zero-order valence-electron chi connectivity index (χ0n) is 9.21. The second-order valence-electron chi connectivity index (χ2n) is 4.89. The predicted octanol–water partition coefficient (Wildman–Crippen LogP) is 1.16. The molecule has 2 aliphatic heterocycles. The summed E-state index contributed by atoms with van der Waals surface area (Å²) in [5, 5.41) is 9.74. The van der Waals surface area contributed by atoms with Crippen LogP contribution in [-0.2, 0) is 0 Å². The molecule has 3 heterocycles. The highest BCUT2D eigenvalue weighted by Crippen LogP contribution is 2.39. The topological polar surface area (TPSA) is 62.4 Å². The maximum atomic E-state index is 9.74. The lowest BCUT2D eigenvalue weighted by Gasteiger charge is -2.38. The van der Waals surface area contributed by atoms with Crippen molar-refractivity contribution in [1.29, 1.82) is 0 Å². The summed E-state index contributed by atoms with van der Waals surface area (Å²) >= 11 is 0. The number of nitrogen functional groups attached to an aromatic ring is 1. The van der Waals surface area contributed by atoms with Gasteiger partial charge in [-0.3, -0.25) is 4.98 Å². The molecule has 16 heavy (non-hydrogen) atoms. The minimum Gasteiger partial charge on any atom is -0.397 e. The van der Waals surface area contributed by atoms with Gasteiger partial charge in [0.2, 0.25) is 0 Å². The predicted molar refractivity (Wildman–Crippen MR) is 63.2 cm³/mol. The van der Waals surface area contributed by atoms with E-state index in [4.69, 9.17) is 5.73 Å². The van der Waals surface area contributed by atoms with Gasteiger partial charge in [0.25, 0.3) is 0 Å². The fourth-order valence-corrected chi connectivity index (χ4v) is 3.16. The molecule has 0 amide bonds. The summed E-state index contributed by atoms with van der Waals surface area (Å²) in [4.78, 5) is 6.54. The third-order valence-electron chi connectivity index (χ3n) is 3.75. The third-order valence-corrected chi connectivity index (χ3v) is 3.75. The molecular formula is C12H17N3O. The smallest absolute Gasteiger partial charge is 0.0579 e. The normalized spacial score (nSPS) is 33.1. The molecule has 0 radical (unpaired) electrons. The van der Waals surface area contributed by atoms with Gasteiger partial charge in [-0.2, -0.15) is 0 Å². The van der Waals surface area contributed by atoms with Crippen LogP contribution in [0.5, 0.6) is 0 Å². The van der Waals surface area contributed by atoms with Crippen LogP contribution in [0.3, 0.4) is 0 Å². The number of hydrogen-bond donors (Lipinski definition) is 2. The Labute approximate surface area is 95.1 Å². The van der Waals surface area contributed by atoms with Crippen LogP contribution < -0.4 is 10.6 Å². The Bertz CT molecular complexity index is 382. The van der Waals surface area contributed by atoms with Crippen LogP contribution in [0.25, 0.3) is 0 Å².